The second kappa shape index (κ2) is 7.80. The van der Waals surface area contributed by atoms with E-state index in [-0.39, 0.29) is 18.6 Å². The van der Waals surface area contributed by atoms with Crippen molar-refractivity contribution in [3.8, 4) is 5.88 Å². The van der Waals surface area contributed by atoms with E-state index in [1.165, 1.54) is 4.90 Å². The van der Waals surface area contributed by atoms with Crippen LogP contribution in [0.2, 0.25) is 0 Å². The van der Waals surface area contributed by atoms with Gasteiger partial charge in [0.2, 0.25) is 5.88 Å². The molecule has 0 bridgehead atoms. The highest BCUT2D eigenvalue weighted by atomic mass is 16.6. The summed E-state index contributed by atoms with van der Waals surface area (Å²) in [6.45, 7) is 3.40. The number of rotatable bonds is 6. The van der Waals surface area contributed by atoms with Gasteiger partial charge in [0.1, 0.15) is 0 Å². The van der Waals surface area contributed by atoms with Gasteiger partial charge in [-0.1, -0.05) is 13.3 Å². The summed E-state index contributed by atoms with van der Waals surface area (Å²) in [6.07, 6.45) is 3.24. The molecule has 1 aromatic rings. The SMILES string of the molecule is CCCCOC(=O)N1Cc2cnc(OCC(=O)N(C)C)cc2C1. The second-order valence-corrected chi connectivity index (χ2v) is 5.69. The predicted molar refractivity (Wildman–Crippen MR) is 83.9 cm³/mol. The maximum Gasteiger partial charge on any atom is 0.410 e. The third-order valence-corrected chi connectivity index (χ3v) is 3.60. The fraction of sp³-hybridized carbons (Fsp3) is 0.562. The van der Waals surface area contributed by atoms with E-state index < -0.39 is 0 Å². The lowest BCUT2D eigenvalue weighted by molar-refractivity contribution is -0.130. The van der Waals surface area contributed by atoms with Crippen LogP contribution in [0, 0.1) is 0 Å². The van der Waals surface area contributed by atoms with Crippen molar-refractivity contribution >= 4 is 12.0 Å². The van der Waals surface area contributed by atoms with Crippen molar-refractivity contribution in [3.05, 3.63) is 23.4 Å². The van der Waals surface area contributed by atoms with Crippen LogP contribution in [0.25, 0.3) is 0 Å². The van der Waals surface area contributed by atoms with Crippen LogP contribution in [0.5, 0.6) is 5.88 Å². The molecule has 23 heavy (non-hydrogen) atoms. The summed E-state index contributed by atoms with van der Waals surface area (Å²) in [6, 6.07) is 1.78. The highest BCUT2D eigenvalue weighted by molar-refractivity contribution is 5.77. The molecule has 2 amide bonds. The van der Waals surface area contributed by atoms with Crippen LogP contribution in [0.4, 0.5) is 4.79 Å². The Bertz CT molecular complexity index is 574. The molecule has 0 atom stereocenters. The third-order valence-electron chi connectivity index (χ3n) is 3.60. The molecular weight excluding hydrogens is 298 g/mol. The number of aromatic nitrogens is 1. The zero-order chi connectivity index (χ0) is 16.8. The lowest BCUT2D eigenvalue weighted by atomic mass is 10.2. The molecule has 2 rings (SSSR count). The molecule has 0 aliphatic carbocycles. The topological polar surface area (TPSA) is 72.0 Å². The van der Waals surface area contributed by atoms with Crippen LogP contribution in [-0.2, 0) is 22.6 Å². The summed E-state index contributed by atoms with van der Waals surface area (Å²) in [5.41, 5.74) is 1.95. The molecule has 0 saturated carbocycles. The van der Waals surface area contributed by atoms with Crippen LogP contribution in [0.15, 0.2) is 12.3 Å². The van der Waals surface area contributed by atoms with E-state index >= 15 is 0 Å². The number of amides is 2. The summed E-state index contributed by atoms with van der Waals surface area (Å²) < 4.78 is 10.6. The first-order valence-electron chi connectivity index (χ1n) is 7.73. The van der Waals surface area contributed by atoms with Gasteiger partial charge in [0.25, 0.3) is 5.91 Å². The summed E-state index contributed by atoms with van der Waals surface area (Å²) >= 11 is 0. The van der Waals surface area contributed by atoms with Crippen molar-refractivity contribution in [2.45, 2.75) is 32.9 Å². The smallest absolute Gasteiger partial charge is 0.410 e. The van der Waals surface area contributed by atoms with Gasteiger partial charge >= 0.3 is 6.09 Å². The first kappa shape index (κ1) is 17.1. The third kappa shape index (κ3) is 4.58. The number of hydrogen-bond acceptors (Lipinski definition) is 5. The number of carbonyl (C=O) groups is 2. The highest BCUT2D eigenvalue weighted by Gasteiger charge is 2.25. The van der Waals surface area contributed by atoms with Crippen molar-refractivity contribution < 1.29 is 19.1 Å². The van der Waals surface area contributed by atoms with Gasteiger partial charge in [0, 0.05) is 32.9 Å². The minimum Gasteiger partial charge on any atom is -0.468 e. The van der Waals surface area contributed by atoms with E-state index in [4.69, 9.17) is 9.47 Å². The molecular formula is C16H23N3O4. The minimum atomic E-state index is -0.306. The Balaban J connectivity index is 1.90. The number of ether oxygens (including phenoxy) is 2. The summed E-state index contributed by atoms with van der Waals surface area (Å²) in [7, 11) is 3.34. The summed E-state index contributed by atoms with van der Waals surface area (Å²) in [4.78, 5) is 30.8. The Morgan fingerprint density at radius 2 is 2.04 bits per heavy atom. The van der Waals surface area contributed by atoms with Gasteiger partial charge in [0.15, 0.2) is 6.61 Å². The van der Waals surface area contributed by atoms with Crippen molar-refractivity contribution in [2.24, 2.45) is 0 Å². The molecule has 0 aromatic carbocycles. The molecule has 7 heteroatoms. The standard InChI is InChI=1S/C16H23N3O4/c1-4-5-6-22-16(21)19-9-12-7-14(17-8-13(12)10-19)23-11-15(20)18(2)3/h7-8H,4-6,9-11H2,1-3H3. The average Bonchev–Trinajstić information content (AvgIpc) is 2.95. The van der Waals surface area contributed by atoms with E-state index in [0.717, 1.165) is 24.0 Å². The van der Waals surface area contributed by atoms with Crippen LogP contribution in [-0.4, -0.2) is 54.1 Å². The van der Waals surface area contributed by atoms with Gasteiger partial charge < -0.3 is 14.4 Å². The first-order chi connectivity index (χ1) is 11.0. The number of hydrogen-bond donors (Lipinski definition) is 0. The average molecular weight is 321 g/mol. The van der Waals surface area contributed by atoms with E-state index in [1.54, 1.807) is 31.3 Å². The second-order valence-electron chi connectivity index (χ2n) is 5.69. The van der Waals surface area contributed by atoms with Gasteiger partial charge in [-0.05, 0) is 17.5 Å². The van der Waals surface area contributed by atoms with Gasteiger partial charge in [-0.25, -0.2) is 9.78 Å². The van der Waals surface area contributed by atoms with E-state index in [2.05, 4.69) is 4.98 Å². The van der Waals surface area contributed by atoms with Gasteiger partial charge in [-0.3, -0.25) is 9.69 Å². The molecule has 0 unspecified atom stereocenters. The molecule has 2 heterocycles. The summed E-state index contributed by atoms with van der Waals surface area (Å²) in [5, 5.41) is 0. The van der Waals surface area contributed by atoms with Gasteiger partial charge in [-0.15, -0.1) is 0 Å². The minimum absolute atomic E-state index is 0.0540. The zero-order valence-corrected chi connectivity index (χ0v) is 13.9. The molecule has 0 N–H and O–H groups in total. The van der Waals surface area contributed by atoms with Crippen molar-refractivity contribution in [1.29, 1.82) is 0 Å². The van der Waals surface area contributed by atoms with E-state index in [0.29, 0.717) is 25.6 Å². The Morgan fingerprint density at radius 1 is 1.30 bits per heavy atom. The quantitative estimate of drug-likeness (QED) is 0.747. The van der Waals surface area contributed by atoms with Gasteiger partial charge in [-0.2, -0.15) is 0 Å². The van der Waals surface area contributed by atoms with Crippen LogP contribution >= 0.6 is 0 Å². The molecule has 1 aliphatic rings. The molecule has 1 aromatic heterocycles. The van der Waals surface area contributed by atoms with E-state index in [1.807, 2.05) is 6.92 Å². The molecule has 0 radical (unpaired) electrons. The van der Waals surface area contributed by atoms with Crippen molar-refractivity contribution in [2.75, 3.05) is 27.3 Å². The number of pyridine rings is 1. The predicted octanol–water partition coefficient (Wildman–Crippen LogP) is 1.80. The Hall–Kier alpha value is -2.31. The van der Waals surface area contributed by atoms with Crippen molar-refractivity contribution in [1.82, 2.24) is 14.8 Å². The van der Waals surface area contributed by atoms with E-state index in [9.17, 15) is 9.59 Å². The molecule has 126 valence electrons. The number of carbonyl (C=O) groups excluding carboxylic acids is 2. The molecule has 0 spiro atoms. The molecule has 1 aliphatic heterocycles. The summed E-state index contributed by atoms with van der Waals surface area (Å²) in [5.74, 6) is 0.258. The maximum absolute atomic E-state index is 12.0. The highest BCUT2D eigenvalue weighted by Crippen LogP contribution is 2.25. The number of unbranched alkanes of at least 4 members (excludes halogenated alkanes) is 1. The normalized spacial score (nSPS) is 12.7. The largest absolute Gasteiger partial charge is 0.468 e. The first-order valence-corrected chi connectivity index (χ1v) is 7.73. The molecule has 0 saturated heterocycles. The Labute approximate surface area is 136 Å². The number of nitrogens with zero attached hydrogens (tertiary/aromatic N) is 3. The van der Waals surface area contributed by atoms with Crippen LogP contribution < -0.4 is 4.74 Å². The monoisotopic (exact) mass is 321 g/mol. The van der Waals surface area contributed by atoms with Crippen LogP contribution in [0.1, 0.15) is 30.9 Å². The molecule has 0 fully saturated rings. The van der Waals surface area contributed by atoms with Gasteiger partial charge in [0.05, 0.1) is 13.2 Å². The lowest BCUT2D eigenvalue weighted by Crippen LogP contribution is -2.27. The number of fused-ring (bicyclic) bond motifs is 1. The Kier molecular flexibility index (Phi) is 5.78. The zero-order valence-electron chi connectivity index (χ0n) is 13.9. The van der Waals surface area contributed by atoms with Crippen molar-refractivity contribution in [3.63, 3.8) is 0 Å². The lowest BCUT2D eigenvalue weighted by Gasteiger charge is -2.14. The Morgan fingerprint density at radius 3 is 2.74 bits per heavy atom. The maximum atomic E-state index is 12.0. The fourth-order valence-electron chi connectivity index (χ4n) is 2.13. The van der Waals surface area contributed by atoms with Crippen LogP contribution in [0.3, 0.4) is 0 Å². The molecule has 7 nitrogen and oxygen atoms in total. The number of likely N-dealkylation sites (N-methyl/N-ethyl adjacent to an activating group) is 1. The fourth-order valence-corrected chi connectivity index (χ4v) is 2.13.